The van der Waals surface area contributed by atoms with E-state index in [0.29, 0.717) is 0 Å². The molecule has 0 heterocycles. The Hall–Kier alpha value is -1.70. The van der Waals surface area contributed by atoms with Gasteiger partial charge >= 0.3 is 12.2 Å². The molecule has 0 aromatic carbocycles. The highest BCUT2D eigenvalue weighted by atomic mass is 16.7. The van der Waals surface area contributed by atoms with Gasteiger partial charge in [-0.2, -0.15) is 11.0 Å². The number of rotatable bonds is 4. The monoisotopic (exact) mass is 274 g/mol. The minimum absolute atomic E-state index is 0.0734. The van der Waals surface area contributed by atoms with E-state index in [1.807, 2.05) is 13.8 Å². The molecule has 8 nitrogen and oxygen atoms in total. The molecule has 0 aliphatic carbocycles. The second kappa shape index (κ2) is 7.67. The summed E-state index contributed by atoms with van der Waals surface area (Å²) >= 11 is 0. The van der Waals surface area contributed by atoms with Gasteiger partial charge in [-0.05, 0) is 26.7 Å². The largest absolute Gasteiger partial charge is 0.452 e. The SMILES string of the molecule is CC(C)[C@@H](CNC(=O)ON)N=NC(=O)OC(C)(C)C. The van der Waals surface area contributed by atoms with E-state index in [1.165, 1.54) is 0 Å². The van der Waals surface area contributed by atoms with Crippen LogP contribution >= 0.6 is 0 Å². The lowest BCUT2D eigenvalue weighted by Gasteiger charge is -2.18. The lowest BCUT2D eigenvalue weighted by molar-refractivity contribution is 0.0587. The predicted molar refractivity (Wildman–Crippen MR) is 68.4 cm³/mol. The van der Waals surface area contributed by atoms with Gasteiger partial charge in [-0.3, -0.25) is 0 Å². The fraction of sp³-hybridized carbons (Fsp3) is 0.818. The summed E-state index contributed by atoms with van der Waals surface area (Å²) in [5.74, 6) is 4.76. The average molecular weight is 274 g/mol. The molecular weight excluding hydrogens is 252 g/mol. The van der Waals surface area contributed by atoms with Gasteiger partial charge in [-0.1, -0.05) is 19.0 Å². The van der Waals surface area contributed by atoms with Gasteiger partial charge in [0.15, 0.2) is 0 Å². The fourth-order valence-electron chi connectivity index (χ4n) is 1.04. The van der Waals surface area contributed by atoms with Crippen molar-refractivity contribution in [3.63, 3.8) is 0 Å². The van der Waals surface area contributed by atoms with E-state index < -0.39 is 17.8 Å². The number of nitrogens with two attached hydrogens (primary N) is 1. The van der Waals surface area contributed by atoms with Crippen molar-refractivity contribution in [1.29, 1.82) is 0 Å². The highest BCUT2D eigenvalue weighted by Gasteiger charge is 2.18. The Kier molecular flexibility index (Phi) is 6.99. The van der Waals surface area contributed by atoms with Gasteiger partial charge in [0.25, 0.3) is 0 Å². The van der Waals surface area contributed by atoms with Gasteiger partial charge in [-0.15, -0.1) is 0 Å². The van der Waals surface area contributed by atoms with Crippen LogP contribution in [0.5, 0.6) is 0 Å². The van der Waals surface area contributed by atoms with Crippen molar-refractivity contribution in [2.45, 2.75) is 46.3 Å². The predicted octanol–water partition coefficient (Wildman–Crippen LogP) is 2.00. The summed E-state index contributed by atoms with van der Waals surface area (Å²) in [6.45, 7) is 9.14. The van der Waals surface area contributed by atoms with Crippen LogP contribution in [-0.2, 0) is 9.57 Å². The molecule has 3 N–H and O–H groups in total. The Morgan fingerprint density at radius 3 is 2.32 bits per heavy atom. The zero-order valence-corrected chi connectivity index (χ0v) is 12.0. The van der Waals surface area contributed by atoms with Crippen LogP contribution < -0.4 is 11.2 Å². The first-order valence-electron chi connectivity index (χ1n) is 5.94. The lowest BCUT2D eigenvalue weighted by Crippen LogP contribution is -2.35. The van der Waals surface area contributed by atoms with Gasteiger partial charge in [0, 0.05) is 6.54 Å². The number of carbonyl (C=O) groups is 2. The van der Waals surface area contributed by atoms with E-state index in [1.54, 1.807) is 20.8 Å². The topological polar surface area (TPSA) is 115 Å². The number of carbonyl (C=O) groups excluding carboxylic acids is 2. The van der Waals surface area contributed by atoms with Crippen molar-refractivity contribution in [2.75, 3.05) is 6.54 Å². The Balaban J connectivity index is 4.41. The normalized spacial score (nSPS) is 13.4. The smallest absolute Gasteiger partial charge is 0.441 e. The van der Waals surface area contributed by atoms with Crippen LogP contribution in [-0.4, -0.2) is 30.4 Å². The average Bonchev–Trinajstić information content (AvgIpc) is 2.25. The molecule has 0 rings (SSSR count). The van der Waals surface area contributed by atoms with E-state index in [4.69, 9.17) is 4.74 Å². The standard InChI is InChI=1S/C11H22N4O4/c1-7(2)8(6-13-9(16)19-12)14-15-10(17)18-11(3,4)5/h7-8H,6,12H2,1-5H3,(H,13,16)/t8-/m1/s1. The Morgan fingerprint density at radius 1 is 1.32 bits per heavy atom. The van der Waals surface area contributed by atoms with Crippen LogP contribution in [0, 0.1) is 5.92 Å². The van der Waals surface area contributed by atoms with Crippen molar-refractivity contribution in [2.24, 2.45) is 22.0 Å². The minimum atomic E-state index is -0.766. The molecule has 0 aromatic heterocycles. The molecule has 0 aliphatic heterocycles. The van der Waals surface area contributed by atoms with Gasteiger partial charge in [0.2, 0.25) is 0 Å². The third-order valence-electron chi connectivity index (χ3n) is 2.01. The molecule has 1 atom stereocenters. The number of hydrogen-bond donors (Lipinski definition) is 2. The van der Waals surface area contributed by atoms with Gasteiger partial charge < -0.3 is 14.9 Å². The number of nitrogens with zero attached hydrogens (tertiary/aromatic N) is 2. The molecule has 0 aliphatic rings. The third-order valence-corrected chi connectivity index (χ3v) is 2.01. The van der Waals surface area contributed by atoms with E-state index in [-0.39, 0.29) is 18.5 Å². The maximum Gasteiger partial charge on any atom is 0.452 e. The van der Waals surface area contributed by atoms with Crippen LogP contribution in [0.15, 0.2) is 10.2 Å². The maximum atomic E-state index is 11.4. The number of amides is 2. The highest BCUT2D eigenvalue weighted by molar-refractivity contribution is 5.68. The summed E-state index contributed by atoms with van der Waals surface area (Å²) in [6.07, 6.45) is -1.53. The summed E-state index contributed by atoms with van der Waals surface area (Å²) in [7, 11) is 0. The van der Waals surface area contributed by atoms with Crippen molar-refractivity contribution in [3.05, 3.63) is 0 Å². The second-order valence-electron chi connectivity index (χ2n) is 5.29. The van der Waals surface area contributed by atoms with Crippen LogP contribution in [0.2, 0.25) is 0 Å². The lowest BCUT2D eigenvalue weighted by atomic mass is 10.1. The molecular formula is C11H22N4O4. The van der Waals surface area contributed by atoms with Gasteiger partial charge in [0.1, 0.15) is 5.60 Å². The summed E-state index contributed by atoms with van der Waals surface area (Å²) in [4.78, 5) is 26.2. The zero-order valence-electron chi connectivity index (χ0n) is 12.0. The molecule has 19 heavy (non-hydrogen) atoms. The number of ether oxygens (including phenoxy) is 1. The molecule has 0 bridgehead atoms. The molecule has 0 unspecified atom stereocenters. The maximum absolute atomic E-state index is 11.4. The highest BCUT2D eigenvalue weighted by Crippen LogP contribution is 2.10. The molecule has 0 spiro atoms. The molecule has 0 fully saturated rings. The van der Waals surface area contributed by atoms with E-state index in [2.05, 4.69) is 26.3 Å². The van der Waals surface area contributed by atoms with Crippen LogP contribution in [0.1, 0.15) is 34.6 Å². The fourth-order valence-corrected chi connectivity index (χ4v) is 1.04. The van der Waals surface area contributed by atoms with Crippen LogP contribution in [0.4, 0.5) is 9.59 Å². The van der Waals surface area contributed by atoms with Crippen LogP contribution in [0.3, 0.4) is 0 Å². The van der Waals surface area contributed by atoms with Crippen molar-refractivity contribution in [1.82, 2.24) is 5.32 Å². The van der Waals surface area contributed by atoms with Gasteiger partial charge in [0.05, 0.1) is 6.04 Å². The van der Waals surface area contributed by atoms with Crippen molar-refractivity contribution in [3.8, 4) is 0 Å². The van der Waals surface area contributed by atoms with Crippen molar-refractivity contribution < 1.29 is 19.2 Å². The van der Waals surface area contributed by atoms with E-state index in [0.717, 1.165) is 0 Å². The molecule has 0 aromatic rings. The summed E-state index contributed by atoms with van der Waals surface area (Å²) in [5.41, 5.74) is -0.620. The zero-order chi connectivity index (χ0) is 15.1. The third kappa shape index (κ3) is 8.95. The number of hydrogen-bond acceptors (Lipinski definition) is 6. The van der Waals surface area contributed by atoms with Crippen molar-refractivity contribution >= 4 is 12.2 Å². The quantitative estimate of drug-likeness (QED) is 0.600. The molecule has 0 saturated heterocycles. The van der Waals surface area contributed by atoms with E-state index >= 15 is 0 Å². The summed E-state index contributed by atoms with van der Waals surface area (Å²) in [5, 5.41) is 9.72. The number of nitrogens with one attached hydrogen (secondary N) is 1. The summed E-state index contributed by atoms with van der Waals surface area (Å²) in [6, 6.07) is -0.369. The first-order valence-corrected chi connectivity index (χ1v) is 5.94. The second-order valence-corrected chi connectivity index (χ2v) is 5.29. The molecule has 0 saturated carbocycles. The Bertz CT molecular complexity index is 336. The van der Waals surface area contributed by atoms with Crippen LogP contribution in [0.25, 0.3) is 0 Å². The van der Waals surface area contributed by atoms with E-state index in [9.17, 15) is 9.59 Å². The first-order chi connectivity index (χ1) is 8.65. The number of azo groups is 1. The molecule has 110 valence electrons. The van der Waals surface area contributed by atoms with Gasteiger partial charge in [-0.25, -0.2) is 9.59 Å². The molecule has 8 heteroatoms. The molecule has 0 radical (unpaired) electrons. The first kappa shape index (κ1) is 17.3. The Labute approximate surface area is 112 Å². The molecule has 2 amide bonds. The minimum Gasteiger partial charge on any atom is -0.441 e. The summed E-state index contributed by atoms with van der Waals surface area (Å²) < 4.78 is 4.98. The Morgan fingerprint density at radius 2 is 1.89 bits per heavy atom.